The molecule has 3 rings (SSSR count). The van der Waals surface area contributed by atoms with Crippen LogP contribution in [0, 0.1) is 0 Å². The Hall–Kier alpha value is -2.28. The molecule has 3 heterocycles. The second kappa shape index (κ2) is 6.01. The molecule has 0 bridgehead atoms. The van der Waals surface area contributed by atoms with E-state index in [1.165, 1.54) is 0 Å². The number of ether oxygens (including phenoxy) is 1. The molecule has 7 heteroatoms. The fourth-order valence-electron chi connectivity index (χ4n) is 2.45. The van der Waals surface area contributed by atoms with Crippen LogP contribution in [0.5, 0.6) is 0 Å². The van der Waals surface area contributed by atoms with Gasteiger partial charge >= 0.3 is 6.03 Å². The first kappa shape index (κ1) is 13.7. The van der Waals surface area contributed by atoms with Crippen LogP contribution in [0.15, 0.2) is 35.3 Å². The number of rotatable bonds is 4. The van der Waals surface area contributed by atoms with Crippen molar-refractivity contribution < 1.29 is 13.9 Å². The van der Waals surface area contributed by atoms with Crippen molar-refractivity contribution >= 4 is 6.03 Å². The predicted molar refractivity (Wildman–Crippen MR) is 74.5 cm³/mol. The number of hydrogen-bond acceptors (Lipinski definition) is 4. The van der Waals surface area contributed by atoms with E-state index in [1.807, 2.05) is 6.07 Å². The van der Waals surface area contributed by atoms with Crippen LogP contribution in [0.4, 0.5) is 4.79 Å². The molecule has 0 saturated carbocycles. The van der Waals surface area contributed by atoms with Crippen molar-refractivity contribution in [2.24, 2.45) is 0 Å². The van der Waals surface area contributed by atoms with Gasteiger partial charge in [0.2, 0.25) is 0 Å². The Labute approximate surface area is 122 Å². The van der Waals surface area contributed by atoms with Gasteiger partial charge in [-0.1, -0.05) is 0 Å². The van der Waals surface area contributed by atoms with Gasteiger partial charge in [-0.25, -0.2) is 9.78 Å². The van der Waals surface area contributed by atoms with Gasteiger partial charge in [0.25, 0.3) is 0 Å². The quantitative estimate of drug-likeness (QED) is 0.923. The lowest BCUT2D eigenvalue weighted by Crippen LogP contribution is -2.45. The monoisotopic (exact) mass is 290 g/mol. The molecule has 2 amide bonds. The second-order valence-corrected chi connectivity index (χ2v) is 4.97. The van der Waals surface area contributed by atoms with Gasteiger partial charge in [0.15, 0.2) is 0 Å². The number of fused-ring (bicyclic) bond motifs is 1. The smallest absolute Gasteiger partial charge is 0.318 e. The van der Waals surface area contributed by atoms with E-state index in [-0.39, 0.29) is 12.1 Å². The van der Waals surface area contributed by atoms with Crippen LogP contribution in [-0.2, 0) is 17.8 Å². The van der Waals surface area contributed by atoms with E-state index in [0.29, 0.717) is 25.5 Å². The van der Waals surface area contributed by atoms with Gasteiger partial charge in [0.05, 0.1) is 31.4 Å². The maximum absolute atomic E-state index is 12.4. The molecule has 1 aliphatic rings. The van der Waals surface area contributed by atoms with Crippen LogP contribution in [0.2, 0.25) is 0 Å². The normalized spacial score (nSPS) is 15.6. The van der Waals surface area contributed by atoms with Gasteiger partial charge < -0.3 is 23.9 Å². The minimum atomic E-state index is -0.288. The minimum Gasteiger partial charge on any atom is -0.467 e. The van der Waals surface area contributed by atoms with Crippen LogP contribution in [0.25, 0.3) is 0 Å². The van der Waals surface area contributed by atoms with Crippen molar-refractivity contribution in [1.82, 2.24) is 19.8 Å². The highest BCUT2D eigenvalue weighted by Crippen LogP contribution is 2.16. The molecule has 0 saturated heterocycles. The Morgan fingerprint density at radius 1 is 1.57 bits per heavy atom. The molecule has 1 atom stereocenters. The first-order valence-corrected chi connectivity index (χ1v) is 6.84. The number of nitrogens with one attached hydrogen (secondary N) is 1. The number of carbonyl (C=O) groups is 1. The molecule has 2 aromatic heterocycles. The average Bonchev–Trinajstić information content (AvgIpc) is 3.17. The summed E-state index contributed by atoms with van der Waals surface area (Å²) in [4.78, 5) is 18.3. The molecule has 1 aliphatic heterocycles. The van der Waals surface area contributed by atoms with Crippen molar-refractivity contribution in [3.8, 4) is 0 Å². The van der Waals surface area contributed by atoms with Crippen molar-refractivity contribution in [3.05, 3.63) is 42.4 Å². The number of furan rings is 1. The Morgan fingerprint density at radius 3 is 3.24 bits per heavy atom. The number of amides is 2. The number of carbonyl (C=O) groups excluding carboxylic acids is 1. The van der Waals surface area contributed by atoms with Gasteiger partial charge in [-0.05, 0) is 12.1 Å². The van der Waals surface area contributed by atoms with E-state index >= 15 is 0 Å². The molecule has 0 aromatic carbocycles. The summed E-state index contributed by atoms with van der Waals surface area (Å²) in [5, 5.41) is 2.95. The molecule has 0 radical (unpaired) electrons. The Kier molecular flexibility index (Phi) is 3.92. The van der Waals surface area contributed by atoms with Crippen LogP contribution in [0.1, 0.15) is 17.5 Å². The molecular formula is C14H18N4O3. The van der Waals surface area contributed by atoms with Crippen molar-refractivity contribution in [2.75, 3.05) is 20.3 Å². The Balaban J connectivity index is 1.65. The highest BCUT2D eigenvalue weighted by atomic mass is 16.5. The van der Waals surface area contributed by atoms with E-state index < -0.39 is 0 Å². The number of hydrogen-bond donors (Lipinski definition) is 1. The molecule has 2 aromatic rings. The third kappa shape index (κ3) is 2.92. The summed E-state index contributed by atoms with van der Waals surface area (Å²) >= 11 is 0. The molecule has 1 unspecified atom stereocenters. The van der Waals surface area contributed by atoms with Crippen molar-refractivity contribution in [1.29, 1.82) is 0 Å². The van der Waals surface area contributed by atoms with Crippen LogP contribution < -0.4 is 5.32 Å². The first-order valence-electron chi connectivity index (χ1n) is 6.84. The molecule has 1 N–H and O–H groups in total. The van der Waals surface area contributed by atoms with E-state index in [1.54, 1.807) is 36.9 Å². The summed E-state index contributed by atoms with van der Waals surface area (Å²) in [6.45, 7) is 2.35. The van der Waals surface area contributed by atoms with E-state index in [2.05, 4.69) is 14.9 Å². The maximum atomic E-state index is 12.4. The zero-order valence-corrected chi connectivity index (χ0v) is 11.9. The average molecular weight is 290 g/mol. The molecule has 0 aliphatic carbocycles. The first-order chi connectivity index (χ1) is 10.3. The third-order valence-electron chi connectivity index (χ3n) is 3.57. The van der Waals surface area contributed by atoms with E-state index in [9.17, 15) is 4.79 Å². The summed E-state index contributed by atoms with van der Waals surface area (Å²) in [5.74, 6) is 0.687. The van der Waals surface area contributed by atoms with E-state index in [0.717, 1.165) is 12.2 Å². The van der Waals surface area contributed by atoms with Gasteiger partial charge in [0.1, 0.15) is 11.8 Å². The van der Waals surface area contributed by atoms with Gasteiger partial charge in [-0.15, -0.1) is 0 Å². The van der Waals surface area contributed by atoms with Crippen molar-refractivity contribution in [3.63, 3.8) is 0 Å². The summed E-state index contributed by atoms with van der Waals surface area (Å²) in [5.41, 5.74) is 1.04. The Morgan fingerprint density at radius 2 is 2.48 bits per heavy atom. The Bertz CT molecular complexity index is 593. The summed E-state index contributed by atoms with van der Waals surface area (Å²) in [6, 6.07) is 3.21. The second-order valence-electron chi connectivity index (χ2n) is 4.97. The fourth-order valence-corrected chi connectivity index (χ4v) is 2.45. The molecular weight excluding hydrogens is 272 g/mol. The topological polar surface area (TPSA) is 72.5 Å². The SMILES string of the molecule is COCC(NC(=O)N1CCn2cncc2C1)c1ccco1. The molecule has 7 nitrogen and oxygen atoms in total. The summed E-state index contributed by atoms with van der Waals surface area (Å²) < 4.78 is 12.6. The van der Waals surface area contributed by atoms with Crippen LogP contribution >= 0.6 is 0 Å². The summed E-state index contributed by atoms with van der Waals surface area (Å²) in [7, 11) is 1.60. The number of aromatic nitrogens is 2. The maximum Gasteiger partial charge on any atom is 0.318 e. The predicted octanol–water partition coefficient (Wildman–Crippen LogP) is 1.39. The zero-order valence-electron chi connectivity index (χ0n) is 11.9. The van der Waals surface area contributed by atoms with Gasteiger partial charge in [-0.2, -0.15) is 0 Å². The number of methoxy groups -OCH3 is 1. The lowest BCUT2D eigenvalue weighted by molar-refractivity contribution is 0.142. The lowest BCUT2D eigenvalue weighted by Gasteiger charge is -2.29. The molecule has 0 fully saturated rings. The molecule has 112 valence electrons. The largest absolute Gasteiger partial charge is 0.467 e. The van der Waals surface area contributed by atoms with Gasteiger partial charge in [0, 0.05) is 26.4 Å². The summed E-state index contributed by atoms with van der Waals surface area (Å²) in [6.07, 6.45) is 5.17. The number of nitrogens with zero attached hydrogens (tertiary/aromatic N) is 3. The van der Waals surface area contributed by atoms with Gasteiger partial charge in [-0.3, -0.25) is 0 Å². The molecule has 21 heavy (non-hydrogen) atoms. The third-order valence-corrected chi connectivity index (χ3v) is 3.57. The number of imidazole rings is 1. The minimum absolute atomic E-state index is 0.124. The van der Waals surface area contributed by atoms with Crippen LogP contribution in [0.3, 0.4) is 0 Å². The highest BCUT2D eigenvalue weighted by molar-refractivity contribution is 5.74. The van der Waals surface area contributed by atoms with E-state index in [4.69, 9.17) is 9.15 Å². The molecule has 0 spiro atoms. The lowest BCUT2D eigenvalue weighted by atomic mass is 10.2. The number of urea groups is 1. The standard InChI is InChI=1S/C14H18N4O3/c1-20-9-12(13-3-2-6-21-13)16-14(19)17-4-5-18-10-15-7-11(18)8-17/h2-3,6-7,10,12H,4-5,8-9H2,1H3,(H,16,19). The van der Waals surface area contributed by atoms with Crippen molar-refractivity contribution in [2.45, 2.75) is 19.1 Å². The highest BCUT2D eigenvalue weighted by Gasteiger charge is 2.24. The zero-order chi connectivity index (χ0) is 14.7. The fraction of sp³-hybridized carbons (Fsp3) is 0.429. The van der Waals surface area contributed by atoms with Crippen LogP contribution in [-0.4, -0.2) is 40.7 Å².